The van der Waals surface area contributed by atoms with E-state index in [0.717, 1.165) is 23.4 Å². The molecule has 0 saturated carbocycles. The Labute approximate surface area is 141 Å². The van der Waals surface area contributed by atoms with Gasteiger partial charge in [0.05, 0.1) is 12.2 Å². The molecule has 0 atom stereocenters. The molecule has 0 aliphatic heterocycles. The molecular formula is C18H19ClN4. The molecule has 23 heavy (non-hydrogen) atoms. The van der Waals surface area contributed by atoms with Gasteiger partial charge < -0.3 is 5.32 Å². The zero-order valence-corrected chi connectivity index (χ0v) is 13.8. The minimum Gasteiger partial charge on any atom is -0.308 e. The van der Waals surface area contributed by atoms with Crippen LogP contribution in [0.25, 0.3) is 0 Å². The van der Waals surface area contributed by atoms with Crippen molar-refractivity contribution in [2.45, 2.75) is 26.6 Å². The lowest BCUT2D eigenvalue weighted by atomic mass is 10.2. The zero-order valence-electron chi connectivity index (χ0n) is 13.0. The number of aromatic nitrogens is 3. The molecule has 0 aliphatic carbocycles. The summed E-state index contributed by atoms with van der Waals surface area (Å²) in [5.41, 5.74) is 4.35. The number of nitrogens with one attached hydrogen (secondary N) is 1. The maximum absolute atomic E-state index is 6.51. The molecule has 118 valence electrons. The number of hydrogen-bond donors (Lipinski definition) is 1. The van der Waals surface area contributed by atoms with Crippen LogP contribution in [-0.4, -0.2) is 14.8 Å². The van der Waals surface area contributed by atoms with Crippen molar-refractivity contribution in [3.05, 3.63) is 82.4 Å². The second kappa shape index (κ2) is 7.40. The highest BCUT2D eigenvalue weighted by Gasteiger charge is 2.13. The summed E-state index contributed by atoms with van der Waals surface area (Å²) >= 11 is 6.51. The Morgan fingerprint density at radius 3 is 2.57 bits per heavy atom. The highest BCUT2D eigenvalue weighted by atomic mass is 35.5. The van der Waals surface area contributed by atoms with E-state index >= 15 is 0 Å². The highest BCUT2D eigenvalue weighted by molar-refractivity contribution is 6.30. The number of pyridine rings is 1. The van der Waals surface area contributed by atoms with Crippen LogP contribution in [0.15, 0.2) is 54.9 Å². The van der Waals surface area contributed by atoms with Crippen molar-refractivity contribution < 1.29 is 0 Å². The first kappa shape index (κ1) is 15.7. The maximum atomic E-state index is 6.51. The van der Waals surface area contributed by atoms with Crippen LogP contribution < -0.4 is 5.32 Å². The standard InChI is InChI=1S/C18H19ClN4/c1-14-17(12-21-11-16-8-5-9-20-10-16)18(19)23(22-14)13-15-6-3-2-4-7-15/h2-10,21H,11-13H2,1H3. The lowest BCUT2D eigenvalue weighted by Crippen LogP contribution is -2.13. The Kier molecular flexibility index (Phi) is 5.05. The van der Waals surface area contributed by atoms with Gasteiger partial charge in [0.2, 0.25) is 0 Å². The third kappa shape index (κ3) is 3.97. The van der Waals surface area contributed by atoms with Gasteiger partial charge in [-0.1, -0.05) is 48.0 Å². The van der Waals surface area contributed by atoms with Crippen LogP contribution in [-0.2, 0) is 19.6 Å². The largest absolute Gasteiger partial charge is 0.308 e. The average Bonchev–Trinajstić information content (AvgIpc) is 2.84. The topological polar surface area (TPSA) is 42.7 Å². The van der Waals surface area contributed by atoms with E-state index in [4.69, 9.17) is 11.6 Å². The first-order valence-electron chi connectivity index (χ1n) is 7.59. The molecule has 0 fully saturated rings. The van der Waals surface area contributed by atoms with Crippen molar-refractivity contribution >= 4 is 11.6 Å². The van der Waals surface area contributed by atoms with E-state index in [0.29, 0.717) is 18.2 Å². The molecular weight excluding hydrogens is 308 g/mol. The number of aryl methyl sites for hydroxylation is 1. The summed E-state index contributed by atoms with van der Waals surface area (Å²) in [6, 6.07) is 14.2. The maximum Gasteiger partial charge on any atom is 0.132 e. The molecule has 3 aromatic rings. The molecule has 0 saturated heterocycles. The molecule has 0 unspecified atom stereocenters. The third-order valence-corrected chi connectivity index (χ3v) is 4.14. The van der Waals surface area contributed by atoms with Crippen LogP contribution in [0.5, 0.6) is 0 Å². The van der Waals surface area contributed by atoms with Crippen molar-refractivity contribution in [2.75, 3.05) is 0 Å². The highest BCUT2D eigenvalue weighted by Crippen LogP contribution is 2.20. The Hall–Kier alpha value is -2.17. The van der Waals surface area contributed by atoms with Gasteiger partial charge in [0.15, 0.2) is 0 Å². The molecule has 0 radical (unpaired) electrons. The average molecular weight is 327 g/mol. The van der Waals surface area contributed by atoms with E-state index in [-0.39, 0.29) is 0 Å². The first-order chi connectivity index (χ1) is 11.2. The number of nitrogens with zero attached hydrogens (tertiary/aromatic N) is 3. The Morgan fingerprint density at radius 2 is 1.83 bits per heavy atom. The lowest BCUT2D eigenvalue weighted by molar-refractivity contribution is 0.676. The summed E-state index contributed by atoms with van der Waals surface area (Å²) in [7, 11) is 0. The van der Waals surface area contributed by atoms with Gasteiger partial charge in [-0.05, 0) is 24.1 Å². The SMILES string of the molecule is Cc1nn(Cc2ccccc2)c(Cl)c1CNCc1cccnc1. The molecule has 0 amide bonds. The van der Waals surface area contributed by atoms with Gasteiger partial charge in [-0.2, -0.15) is 5.10 Å². The van der Waals surface area contributed by atoms with E-state index in [1.807, 2.05) is 48.1 Å². The van der Waals surface area contributed by atoms with Gasteiger partial charge >= 0.3 is 0 Å². The van der Waals surface area contributed by atoms with Gasteiger partial charge in [0.1, 0.15) is 5.15 Å². The van der Waals surface area contributed by atoms with Crippen LogP contribution in [0.3, 0.4) is 0 Å². The summed E-state index contributed by atoms with van der Waals surface area (Å²) in [5.74, 6) is 0. The summed E-state index contributed by atoms with van der Waals surface area (Å²) < 4.78 is 1.85. The van der Waals surface area contributed by atoms with Crippen LogP contribution in [0, 0.1) is 6.92 Å². The molecule has 1 N–H and O–H groups in total. The predicted octanol–water partition coefficient (Wildman–Crippen LogP) is 3.58. The third-order valence-electron chi connectivity index (χ3n) is 3.71. The van der Waals surface area contributed by atoms with Crippen LogP contribution >= 0.6 is 11.6 Å². The molecule has 0 bridgehead atoms. The van der Waals surface area contributed by atoms with Crippen molar-refractivity contribution in [2.24, 2.45) is 0 Å². The molecule has 2 heterocycles. The van der Waals surface area contributed by atoms with Gasteiger partial charge in [-0.25, -0.2) is 4.68 Å². The second-order valence-electron chi connectivity index (χ2n) is 5.46. The van der Waals surface area contributed by atoms with Gasteiger partial charge in [0.25, 0.3) is 0 Å². The van der Waals surface area contributed by atoms with Crippen molar-refractivity contribution in [1.82, 2.24) is 20.1 Å². The normalized spacial score (nSPS) is 10.9. The fourth-order valence-electron chi connectivity index (χ4n) is 2.49. The van der Waals surface area contributed by atoms with Gasteiger partial charge in [-0.15, -0.1) is 0 Å². The van der Waals surface area contributed by atoms with Crippen molar-refractivity contribution in [3.63, 3.8) is 0 Å². The minimum absolute atomic E-state index is 0.684. The summed E-state index contributed by atoms with van der Waals surface area (Å²) in [6.07, 6.45) is 3.64. The number of benzene rings is 1. The molecule has 2 aromatic heterocycles. The molecule has 4 nitrogen and oxygen atoms in total. The van der Waals surface area contributed by atoms with Crippen LogP contribution in [0.2, 0.25) is 5.15 Å². The first-order valence-corrected chi connectivity index (χ1v) is 7.97. The van der Waals surface area contributed by atoms with Gasteiger partial charge in [0, 0.05) is 31.0 Å². The fraction of sp³-hybridized carbons (Fsp3) is 0.222. The second-order valence-corrected chi connectivity index (χ2v) is 5.82. The Morgan fingerprint density at radius 1 is 1.04 bits per heavy atom. The Bertz CT molecular complexity index is 753. The van der Waals surface area contributed by atoms with E-state index in [9.17, 15) is 0 Å². The number of halogens is 1. The molecule has 5 heteroatoms. The summed E-state index contributed by atoms with van der Waals surface area (Å²) in [5, 5.41) is 8.66. The van der Waals surface area contributed by atoms with Crippen LogP contribution in [0.1, 0.15) is 22.4 Å². The van der Waals surface area contributed by atoms with Gasteiger partial charge in [-0.3, -0.25) is 4.98 Å². The van der Waals surface area contributed by atoms with Crippen molar-refractivity contribution in [3.8, 4) is 0 Å². The van der Waals surface area contributed by atoms with E-state index in [1.165, 1.54) is 5.56 Å². The smallest absolute Gasteiger partial charge is 0.132 e. The molecule has 0 aliphatic rings. The van der Waals surface area contributed by atoms with E-state index in [1.54, 1.807) is 6.20 Å². The molecule has 1 aromatic carbocycles. The summed E-state index contributed by atoms with van der Waals surface area (Å²) in [6.45, 7) is 4.12. The van der Waals surface area contributed by atoms with Crippen LogP contribution in [0.4, 0.5) is 0 Å². The Balaban J connectivity index is 1.66. The number of hydrogen-bond acceptors (Lipinski definition) is 3. The minimum atomic E-state index is 0.684. The van der Waals surface area contributed by atoms with Crippen molar-refractivity contribution in [1.29, 1.82) is 0 Å². The zero-order chi connectivity index (χ0) is 16.1. The predicted molar refractivity (Wildman–Crippen MR) is 92.3 cm³/mol. The summed E-state index contributed by atoms with van der Waals surface area (Å²) in [4.78, 5) is 4.11. The quantitative estimate of drug-likeness (QED) is 0.753. The fourth-order valence-corrected chi connectivity index (χ4v) is 2.79. The number of rotatable bonds is 6. The monoisotopic (exact) mass is 326 g/mol. The van der Waals surface area contributed by atoms with E-state index < -0.39 is 0 Å². The molecule has 3 rings (SSSR count). The molecule has 0 spiro atoms. The van der Waals surface area contributed by atoms with E-state index in [2.05, 4.69) is 27.5 Å². The lowest BCUT2D eigenvalue weighted by Gasteiger charge is -2.06.